The smallest absolute Gasteiger partial charge is 0.237 e. The molecule has 0 aliphatic rings. The van der Waals surface area contributed by atoms with Crippen molar-refractivity contribution in [3.05, 3.63) is 16.9 Å². The van der Waals surface area contributed by atoms with Gasteiger partial charge in [-0.2, -0.15) is 5.10 Å². The average molecular weight is 275 g/mol. The second-order valence-corrected chi connectivity index (χ2v) is 4.53. The lowest BCUT2D eigenvalue weighted by molar-refractivity contribution is -0.124. The number of hydrogen-bond donors (Lipinski definition) is 2. The summed E-state index contributed by atoms with van der Waals surface area (Å²) in [5.74, 6) is -0.351. The van der Waals surface area contributed by atoms with Crippen LogP contribution in [0.5, 0.6) is 0 Å². The standard InChI is InChI=1S/C9H15BrN4O/c1-9(12-2,8(11)15)3-4-14-6-7(10)5-13-14/h5-6,12H,3-4H2,1-2H3,(H2,11,15). The molecule has 15 heavy (non-hydrogen) atoms. The molecule has 84 valence electrons. The number of hydrogen-bond acceptors (Lipinski definition) is 3. The number of primary amides is 1. The van der Waals surface area contributed by atoms with Crippen LogP contribution in [0.25, 0.3) is 0 Å². The Morgan fingerprint density at radius 3 is 2.87 bits per heavy atom. The minimum Gasteiger partial charge on any atom is -0.368 e. The van der Waals surface area contributed by atoms with Crippen molar-refractivity contribution in [3.8, 4) is 0 Å². The Morgan fingerprint density at radius 1 is 1.80 bits per heavy atom. The number of amides is 1. The fourth-order valence-corrected chi connectivity index (χ4v) is 1.50. The van der Waals surface area contributed by atoms with Crippen molar-refractivity contribution in [1.82, 2.24) is 15.1 Å². The van der Waals surface area contributed by atoms with Crippen molar-refractivity contribution >= 4 is 21.8 Å². The van der Waals surface area contributed by atoms with Crippen molar-refractivity contribution in [3.63, 3.8) is 0 Å². The molecule has 0 aliphatic heterocycles. The maximum absolute atomic E-state index is 11.2. The van der Waals surface area contributed by atoms with E-state index in [4.69, 9.17) is 5.73 Å². The number of halogens is 1. The first-order valence-corrected chi connectivity index (χ1v) is 5.44. The second-order valence-electron chi connectivity index (χ2n) is 3.62. The molecule has 0 saturated carbocycles. The highest BCUT2D eigenvalue weighted by Gasteiger charge is 2.28. The lowest BCUT2D eigenvalue weighted by Gasteiger charge is -2.25. The molecule has 5 nitrogen and oxygen atoms in total. The first-order valence-electron chi connectivity index (χ1n) is 4.65. The highest BCUT2D eigenvalue weighted by Crippen LogP contribution is 2.12. The Bertz CT molecular complexity index is 352. The maximum Gasteiger partial charge on any atom is 0.237 e. The number of carbonyl (C=O) groups is 1. The Labute approximate surface area is 97.1 Å². The van der Waals surface area contributed by atoms with E-state index < -0.39 is 5.54 Å². The zero-order valence-electron chi connectivity index (χ0n) is 8.83. The molecule has 0 radical (unpaired) electrons. The summed E-state index contributed by atoms with van der Waals surface area (Å²) in [4.78, 5) is 11.2. The zero-order chi connectivity index (χ0) is 11.5. The SMILES string of the molecule is CNC(C)(CCn1cc(Br)cn1)C(N)=O. The Hall–Kier alpha value is -0.880. The number of carbonyl (C=O) groups excluding carboxylic acids is 1. The third kappa shape index (κ3) is 3.04. The van der Waals surface area contributed by atoms with Crippen molar-refractivity contribution in [2.45, 2.75) is 25.4 Å². The molecule has 0 bridgehead atoms. The Kier molecular flexibility index (Phi) is 3.87. The lowest BCUT2D eigenvalue weighted by Crippen LogP contribution is -2.52. The van der Waals surface area contributed by atoms with E-state index >= 15 is 0 Å². The van der Waals surface area contributed by atoms with E-state index in [1.807, 2.05) is 6.20 Å². The van der Waals surface area contributed by atoms with Gasteiger partial charge in [0.15, 0.2) is 0 Å². The first kappa shape index (κ1) is 12.2. The second kappa shape index (κ2) is 4.76. The third-order valence-corrected chi connectivity index (χ3v) is 2.95. The molecule has 0 aliphatic carbocycles. The van der Waals surface area contributed by atoms with Crippen LogP contribution < -0.4 is 11.1 Å². The van der Waals surface area contributed by atoms with Crippen LogP contribution in [0.4, 0.5) is 0 Å². The number of aryl methyl sites for hydroxylation is 1. The highest BCUT2D eigenvalue weighted by atomic mass is 79.9. The molecule has 0 spiro atoms. The molecule has 1 unspecified atom stereocenters. The molecule has 6 heteroatoms. The van der Waals surface area contributed by atoms with Crippen LogP contribution in [0.1, 0.15) is 13.3 Å². The fourth-order valence-electron chi connectivity index (χ4n) is 1.17. The fraction of sp³-hybridized carbons (Fsp3) is 0.556. The van der Waals surface area contributed by atoms with Crippen molar-refractivity contribution in [1.29, 1.82) is 0 Å². The third-order valence-electron chi connectivity index (χ3n) is 2.54. The largest absolute Gasteiger partial charge is 0.368 e. The van der Waals surface area contributed by atoms with Crippen LogP contribution >= 0.6 is 15.9 Å². The first-order chi connectivity index (χ1) is 6.98. The molecule has 0 saturated heterocycles. The minimum absolute atomic E-state index is 0.351. The monoisotopic (exact) mass is 274 g/mol. The molecule has 3 N–H and O–H groups in total. The average Bonchev–Trinajstić information content (AvgIpc) is 2.60. The van der Waals surface area contributed by atoms with Gasteiger partial charge in [-0.25, -0.2) is 0 Å². The molecule has 0 aromatic carbocycles. The van der Waals surface area contributed by atoms with Gasteiger partial charge in [0.1, 0.15) is 0 Å². The molecular formula is C9H15BrN4O. The predicted molar refractivity (Wildman–Crippen MR) is 61.2 cm³/mol. The van der Waals surface area contributed by atoms with Gasteiger partial charge < -0.3 is 11.1 Å². The molecule has 1 amide bonds. The molecule has 1 aromatic heterocycles. The van der Waals surface area contributed by atoms with Crippen LogP contribution in [0.2, 0.25) is 0 Å². The van der Waals surface area contributed by atoms with Crippen LogP contribution in [-0.4, -0.2) is 28.3 Å². The van der Waals surface area contributed by atoms with Gasteiger partial charge in [0, 0.05) is 12.7 Å². The Balaban J connectivity index is 2.59. The molecule has 0 fully saturated rings. The number of likely N-dealkylation sites (N-methyl/N-ethyl adjacent to an activating group) is 1. The normalized spacial score (nSPS) is 14.9. The van der Waals surface area contributed by atoms with Crippen LogP contribution in [0.3, 0.4) is 0 Å². The van der Waals surface area contributed by atoms with E-state index in [1.165, 1.54) is 0 Å². The van der Waals surface area contributed by atoms with E-state index in [0.29, 0.717) is 13.0 Å². The van der Waals surface area contributed by atoms with Gasteiger partial charge in [-0.3, -0.25) is 9.48 Å². The van der Waals surface area contributed by atoms with Gasteiger partial charge in [-0.15, -0.1) is 0 Å². The number of nitrogens with zero attached hydrogens (tertiary/aromatic N) is 2. The minimum atomic E-state index is -0.682. The number of nitrogens with two attached hydrogens (primary N) is 1. The number of rotatable bonds is 5. The lowest BCUT2D eigenvalue weighted by atomic mass is 9.97. The van der Waals surface area contributed by atoms with Crippen molar-refractivity contribution < 1.29 is 4.79 Å². The predicted octanol–water partition coefficient (Wildman–Crippen LogP) is 0.499. The quantitative estimate of drug-likeness (QED) is 0.821. The molecule has 1 heterocycles. The molecule has 1 rings (SSSR count). The molecule has 1 aromatic rings. The van der Waals surface area contributed by atoms with Crippen LogP contribution in [-0.2, 0) is 11.3 Å². The number of nitrogens with one attached hydrogen (secondary N) is 1. The molecule has 1 atom stereocenters. The van der Waals surface area contributed by atoms with Gasteiger partial charge in [0.25, 0.3) is 0 Å². The van der Waals surface area contributed by atoms with E-state index in [9.17, 15) is 4.79 Å². The molecular weight excluding hydrogens is 260 g/mol. The van der Waals surface area contributed by atoms with Gasteiger partial charge in [0.2, 0.25) is 5.91 Å². The van der Waals surface area contributed by atoms with E-state index in [-0.39, 0.29) is 5.91 Å². The van der Waals surface area contributed by atoms with E-state index in [2.05, 4.69) is 26.3 Å². The van der Waals surface area contributed by atoms with Crippen molar-refractivity contribution in [2.75, 3.05) is 7.05 Å². The topological polar surface area (TPSA) is 72.9 Å². The van der Waals surface area contributed by atoms with Crippen LogP contribution in [0.15, 0.2) is 16.9 Å². The summed E-state index contributed by atoms with van der Waals surface area (Å²) in [5.41, 5.74) is 4.63. The summed E-state index contributed by atoms with van der Waals surface area (Å²) >= 11 is 3.31. The van der Waals surface area contributed by atoms with Gasteiger partial charge in [-0.05, 0) is 36.3 Å². The van der Waals surface area contributed by atoms with Gasteiger partial charge >= 0.3 is 0 Å². The van der Waals surface area contributed by atoms with E-state index in [1.54, 1.807) is 24.9 Å². The van der Waals surface area contributed by atoms with Gasteiger partial charge in [-0.1, -0.05) is 0 Å². The maximum atomic E-state index is 11.2. The highest BCUT2D eigenvalue weighted by molar-refractivity contribution is 9.10. The summed E-state index contributed by atoms with van der Waals surface area (Å²) in [6.07, 6.45) is 4.17. The summed E-state index contributed by atoms with van der Waals surface area (Å²) in [7, 11) is 1.73. The Morgan fingerprint density at radius 2 is 2.47 bits per heavy atom. The van der Waals surface area contributed by atoms with E-state index in [0.717, 1.165) is 4.47 Å². The summed E-state index contributed by atoms with van der Waals surface area (Å²) < 4.78 is 2.69. The summed E-state index contributed by atoms with van der Waals surface area (Å²) in [6.45, 7) is 2.43. The summed E-state index contributed by atoms with van der Waals surface area (Å²) in [6, 6.07) is 0. The summed E-state index contributed by atoms with van der Waals surface area (Å²) in [5, 5.41) is 7.03. The zero-order valence-corrected chi connectivity index (χ0v) is 10.4. The van der Waals surface area contributed by atoms with Gasteiger partial charge in [0.05, 0.1) is 16.2 Å². The number of aromatic nitrogens is 2. The van der Waals surface area contributed by atoms with Crippen LogP contribution in [0, 0.1) is 0 Å². The van der Waals surface area contributed by atoms with Crippen molar-refractivity contribution in [2.24, 2.45) is 5.73 Å².